The quantitative estimate of drug-likeness (QED) is 0.326. The molecule has 2 rings (SSSR count). The summed E-state index contributed by atoms with van der Waals surface area (Å²) < 4.78 is 37.3. The summed E-state index contributed by atoms with van der Waals surface area (Å²) in [5, 5.41) is 3.52. The van der Waals surface area contributed by atoms with Gasteiger partial charge in [-0.25, -0.2) is 8.42 Å². The molecule has 2 aromatic rings. The fourth-order valence-corrected chi connectivity index (χ4v) is 5.24. The zero-order chi connectivity index (χ0) is 28.5. The van der Waals surface area contributed by atoms with Gasteiger partial charge in [-0.3, -0.25) is 13.9 Å². The zero-order valence-corrected chi connectivity index (χ0v) is 24.6. The molecule has 0 heterocycles. The van der Waals surface area contributed by atoms with Crippen molar-refractivity contribution in [3.05, 3.63) is 52.0 Å². The fourth-order valence-electron chi connectivity index (χ4n) is 3.87. The summed E-state index contributed by atoms with van der Waals surface area (Å²) in [5.74, 6) is -0.296. The molecule has 1 N–H and O–H groups in total. The van der Waals surface area contributed by atoms with E-state index in [9.17, 15) is 18.0 Å². The van der Waals surface area contributed by atoms with Gasteiger partial charge in [-0.2, -0.15) is 0 Å². The number of carbonyl (C=O) groups is 2. The Balaban J connectivity index is 2.53. The number of sulfonamides is 1. The number of anilines is 1. The highest BCUT2D eigenvalue weighted by molar-refractivity contribution is 7.92. The zero-order valence-electron chi connectivity index (χ0n) is 22.3. The highest BCUT2D eigenvalue weighted by Gasteiger charge is 2.33. The Morgan fingerprint density at radius 3 is 2.24 bits per heavy atom. The Kier molecular flexibility index (Phi) is 12.0. The molecule has 0 saturated heterocycles. The van der Waals surface area contributed by atoms with E-state index in [1.165, 1.54) is 31.3 Å². The first-order valence-corrected chi connectivity index (χ1v) is 14.8. The largest absolute Gasteiger partial charge is 0.497 e. The predicted octanol–water partition coefficient (Wildman–Crippen LogP) is 4.50. The SMILES string of the molecule is CCCCNC(=O)C(CC)N(Cc1c(Cl)cccc1Cl)C(=O)CN(c1ccc(OC)cc1OC)S(C)(=O)=O. The monoisotopic (exact) mass is 587 g/mol. The third-order valence-electron chi connectivity index (χ3n) is 5.94. The van der Waals surface area contributed by atoms with Gasteiger partial charge in [0.15, 0.2) is 0 Å². The maximum Gasteiger partial charge on any atom is 0.244 e. The number of ether oxygens (including phenoxy) is 2. The van der Waals surface area contributed by atoms with Crippen LogP contribution >= 0.6 is 23.2 Å². The molecule has 1 atom stereocenters. The van der Waals surface area contributed by atoms with Crippen molar-refractivity contribution in [2.75, 3.05) is 37.9 Å². The third kappa shape index (κ3) is 8.15. The molecule has 0 aliphatic heterocycles. The molecule has 2 amide bonds. The molecule has 0 aliphatic carbocycles. The number of benzene rings is 2. The van der Waals surface area contributed by atoms with Crippen LogP contribution in [-0.2, 0) is 26.2 Å². The van der Waals surface area contributed by atoms with Crippen molar-refractivity contribution >= 4 is 50.7 Å². The van der Waals surface area contributed by atoms with Gasteiger partial charge in [-0.1, -0.05) is 49.5 Å². The molecule has 0 bridgehead atoms. The number of unbranched alkanes of at least 4 members (excludes halogenated alkanes) is 1. The van der Waals surface area contributed by atoms with Crippen LogP contribution in [0.2, 0.25) is 10.0 Å². The standard InChI is InChI=1S/C26H35Cl2N3O6S/c1-6-8-14-29-26(33)22(7-2)30(16-19-20(27)10-9-11-21(19)28)25(32)17-31(38(5,34)35)23-13-12-18(36-3)15-24(23)37-4/h9-13,15,22H,6-8,14,16-17H2,1-5H3,(H,29,33). The minimum atomic E-state index is -3.95. The topological polar surface area (TPSA) is 105 Å². The van der Waals surface area contributed by atoms with Gasteiger partial charge in [0.25, 0.3) is 0 Å². The second kappa shape index (κ2) is 14.5. The van der Waals surface area contributed by atoms with Crippen molar-refractivity contribution in [1.82, 2.24) is 10.2 Å². The van der Waals surface area contributed by atoms with E-state index in [0.717, 1.165) is 23.4 Å². The first-order chi connectivity index (χ1) is 18.0. The Bertz CT molecular complexity index is 1210. The van der Waals surface area contributed by atoms with Crippen LogP contribution in [0.15, 0.2) is 36.4 Å². The number of carbonyl (C=O) groups excluding carboxylic acids is 2. The fraction of sp³-hybridized carbons (Fsp3) is 0.462. The third-order valence-corrected chi connectivity index (χ3v) is 7.78. The van der Waals surface area contributed by atoms with Crippen LogP contribution in [0, 0.1) is 0 Å². The van der Waals surface area contributed by atoms with Gasteiger partial charge in [0.05, 0.1) is 26.2 Å². The van der Waals surface area contributed by atoms with E-state index in [1.807, 2.05) is 6.92 Å². The van der Waals surface area contributed by atoms with Gasteiger partial charge >= 0.3 is 0 Å². The average molecular weight is 589 g/mol. The summed E-state index contributed by atoms with van der Waals surface area (Å²) in [4.78, 5) is 28.3. The summed E-state index contributed by atoms with van der Waals surface area (Å²) in [6.45, 7) is 3.57. The van der Waals surface area contributed by atoms with Crippen LogP contribution in [0.25, 0.3) is 0 Å². The lowest BCUT2D eigenvalue weighted by atomic mass is 10.1. The molecule has 1 unspecified atom stereocenters. The van der Waals surface area contributed by atoms with Crippen molar-refractivity contribution in [3.8, 4) is 11.5 Å². The number of nitrogens with zero attached hydrogens (tertiary/aromatic N) is 2. The predicted molar refractivity (Wildman–Crippen MR) is 151 cm³/mol. The van der Waals surface area contributed by atoms with Gasteiger partial charge in [-0.05, 0) is 37.1 Å². The first-order valence-electron chi connectivity index (χ1n) is 12.2. The molecule has 0 aliphatic rings. The van der Waals surface area contributed by atoms with Crippen molar-refractivity contribution in [3.63, 3.8) is 0 Å². The van der Waals surface area contributed by atoms with E-state index in [2.05, 4.69) is 5.32 Å². The van der Waals surface area contributed by atoms with Crippen molar-refractivity contribution in [2.24, 2.45) is 0 Å². The smallest absolute Gasteiger partial charge is 0.244 e. The number of halogens is 2. The van der Waals surface area contributed by atoms with Crippen LogP contribution in [0.4, 0.5) is 5.69 Å². The molecular weight excluding hydrogens is 553 g/mol. The van der Waals surface area contributed by atoms with Gasteiger partial charge < -0.3 is 19.7 Å². The second-order valence-electron chi connectivity index (χ2n) is 8.60. The molecule has 38 heavy (non-hydrogen) atoms. The van der Waals surface area contributed by atoms with Gasteiger partial charge in [0.1, 0.15) is 24.1 Å². The van der Waals surface area contributed by atoms with E-state index in [1.54, 1.807) is 31.2 Å². The minimum absolute atomic E-state index is 0.0889. The molecule has 0 saturated carbocycles. The molecule has 9 nitrogen and oxygen atoms in total. The number of amides is 2. The van der Waals surface area contributed by atoms with Gasteiger partial charge in [0, 0.05) is 34.8 Å². The Morgan fingerprint density at radius 1 is 1.05 bits per heavy atom. The van der Waals surface area contributed by atoms with Crippen LogP contribution in [-0.4, -0.2) is 64.7 Å². The highest BCUT2D eigenvalue weighted by atomic mass is 35.5. The Hall–Kier alpha value is -2.69. The van der Waals surface area contributed by atoms with Crippen molar-refractivity contribution in [1.29, 1.82) is 0 Å². The maximum absolute atomic E-state index is 13.8. The highest BCUT2D eigenvalue weighted by Crippen LogP contribution is 2.34. The van der Waals surface area contributed by atoms with Gasteiger partial charge in [0.2, 0.25) is 21.8 Å². The Morgan fingerprint density at radius 2 is 1.71 bits per heavy atom. The Labute approximate surface area is 235 Å². The van der Waals surface area contributed by atoms with Crippen LogP contribution in [0.1, 0.15) is 38.7 Å². The lowest BCUT2D eigenvalue weighted by Crippen LogP contribution is -2.52. The van der Waals surface area contributed by atoms with Crippen LogP contribution in [0.5, 0.6) is 11.5 Å². The summed E-state index contributed by atoms with van der Waals surface area (Å²) >= 11 is 12.8. The molecule has 210 valence electrons. The van der Waals surface area contributed by atoms with Gasteiger partial charge in [-0.15, -0.1) is 0 Å². The number of rotatable bonds is 14. The lowest BCUT2D eigenvalue weighted by molar-refractivity contribution is -0.140. The summed E-state index contributed by atoms with van der Waals surface area (Å²) in [7, 11) is -1.08. The second-order valence-corrected chi connectivity index (χ2v) is 11.3. The number of hydrogen-bond donors (Lipinski definition) is 1. The molecular formula is C26H35Cl2N3O6S. The summed E-state index contributed by atoms with van der Waals surface area (Å²) in [6, 6.07) is 8.66. The minimum Gasteiger partial charge on any atom is -0.497 e. The van der Waals surface area contributed by atoms with E-state index in [0.29, 0.717) is 27.9 Å². The number of hydrogen-bond acceptors (Lipinski definition) is 6. The van der Waals surface area contributed by atoms with Crippen molar-refractivity contribution < 1.29 is 27.5 Å². The number of methoxy groups -OCH3 is 2. The molecule has 0 spiro atoms. The molecule has 0 fully saturated rings. The molecule has 2 aromatic carbocycles. The van der Waals surface area contributed by atoms with E-state index >= 15 is 0 Å². The van der Waals surface area contributed by atoms with E-state index in [4.69, 9.17) is 32.7 Å². The van der Waals surface area contributed by atoms with Crippen LogP contribution in [0.3, 0.4) is 0 Å². The van der Waals surface area contributed by atoms with E-state index in [-0.39, 0.29) is 30.3 Å². The molecule has 0 radical (unpaired) electrons. The molecule has 12 heteroatoms. The van der Waals surface area contributed by atoms with Crippen LogP contribution < -0.4 is 19.1 Å². The first kappa shape index (κ1) is 31.5. The van der Waals surface area contributed by atoms with E-state index < -0.39 is 28.5 Å². The number of nitrogens with one attached hydrogen (secondary N) is 1. The normalized spacial score (nSPS) is 12.0. The maximum atomic E-state index is 13.8. The summed E-state index contributed by atoms with van der Waals surface area (Å²) in [5.41, 5.74) is 0.609. The summed E-state index contributed by atoms with van der Waals surface area (Å²) in [6.07, 6.45) is 2.96. The molecule has 0 aromatic heterocycles. The average Bonchev–Trinajstić information content (AvgIpc) is 2.87. The van der Waals surface area contributed by atoms with Crippen molar-refractivity contribution in [2.45, 2.75) is 45.7 Å². The lowest BCUT2D eigenvalue weighted by Gasteiger charge is -2.33.